The molecule has 0 aliphatic carbocycles. The van der Waals surface area contributed by atoms with Crippen molar-refractivity contribution >= 4 is 23.3 Å². The van der Waals surface area contributed by atoms with Gasteiger partial charge >= 0.3 is 0 Å². The van der Waals surface area contributed by atoms with Crippen molar-refractivity contribution in [3.63, 3.8) is 0 Å². The van der Waals surface area contributed by atoms with Crippen LogP contribution in [0.1, 0.15) is 31.1 Å². The van der Waals surface area contributed by atoms with Gasteiger partial charge in [0.25, 0.3) is 5.91 Å². The second-order valence-electron chi connectivity index (χ2n) is 5.65. The lowest BCUT2D eigenvalue weighted by atomic mass is 10.1. The Bertz CT molecular complexity index is 510. The predicted molar refractivity (Wildman–Crippen MR) is 86.0 cm³/mol. The van der Waals surface area contributed by atoms with E-state index in [1.807, 2.05) is 11.8 Å². The molecule has 0 spiro atoms. The number of carbonyl (C=O) groups excluding carboxylic acids is 1. The molecule has 2 atom stereocenters. The number of nitrogens with zero attached hydrogens (tertiary/aromatic N) is 3. The molecule has 1 aliphatic heterocycles. The molecular weight excluding hydrogens is 288 g/mol. The third-order valence-electron chi connectivity index (χ3n) is 4.09. The van der Waals surface area contributed by atoms with Gasteiger partial charge < -0.3 is 10.2 Å². The van der Waals surface area contributed by atoms with Crippen molar-refractivity contribution in [3.05, 3.63) is 22.8 Å². The van der Waals surface area contributed by atoms with Gasteiger partial charge in [-0.25, -0.2) is 4.98 Å². The highest BCUT2D eigenvalue weighted by molar-refractivity contribution is 6.33. The van der Waals surface area contributed by atoms with Gasteiger partial charge in [-0.2, -0.15) is 0 Å². The number of anilines is 1. The van der Waals surface area contributed by atoms with Crippen molar-refractivity contribution in [2.75, 3.05) is 32.0 Å². The van der Waals surface area contributed by atoms with Crippen molar-refractivity contribution in [2.45, 2.75) is 32.9 Å². The maximum Gasteiger partial charge on any atom is 0.255 e. The predicted octanol–water partition coefficient (Wildman–Crippen LogP) is 2.33. The number of likely N-dealkylation sites (N-methyl/N-ethyl adjacent to an activating group) is 1. The van der Waals surface area contributed by atoms with E-state index in [0.717, 1.165) is 19.6 Å². The first-order valence-corrected chi connectivity index (χ1v) is 7.72. The van der Waals surface area contributed by atoms with Crippen LogP contribution >= 0.6 is 11.6 Å². The van der Waals surface area contributed by atoms with Crippen molar-refractivity contribution in [2.24, 2.45) is 0 Å². The summed E-state index contributed by atoms with van der Waals surface area (Å²) in [7, 11) is 2.10. The van der Waals surface area contributed by atoms with E-state index in [1.165, 1.54) is 6.20 Å². The molecule has 0 saturated carbocycles. The number of carbonyl (C=O) groups is 1. The summed E-state index contributed by atoms with van der Waals surface area (Å²) in [5.74, 6) is 0.661. The van der Waals surface area contributed by atoms with Crippen molar-refractivity contribution in [3.8, 4) is 0 Å². The molecule has 2 unspecified atom stereocenters. The fourth-order valence-electron chi connectivity index (χ4n) is 2.62. The highest BCUT2D eigenvalue weighted by Crippen LogP contribution is 2.22. The lowest BCUT2D eigenvalue weighted by molar-refractivity contribution is 0.0414. The van der Waals surface area contributed by atoms with Crippen molar-refractivity contribution in [1.82, 2.24) is 14.8 Å². The van der Waals surface area contributed by atoms with Crippen molar-refractivity contribution in [1.29, 1.82) is 0 Å². The Balaban J connectivity index is 2.21. The van der Waals surface area contributed by atoms with Crippen LogP contribution in [0.4, 0.5) is 5.82 Å². The molecule has 0 radical (unpaired) electrons. The Hall–Kier alpha value is -1.33. The van der Waals surface area contributed by atoms with Crippen LogP contribution in [0.3, 0.4) is 0 Å². The summed E-state index contributed by atoms with van der Waals surface area (Å²) in [6.45, 7) is 8.44. The van der Waals surface area contributed by atoms with E-state index >= 15 is 0 Å². The minimum atomic E-state index is -0.0200. The fourth-order valence-corrected chi connectivity index (χ4v) is 2.81. The van der Waals surface area contributed by atoms with E-state index in [2.05, 4.69) is 36.1 Å². The van der Waals surface area contributed by atoms with Crippen LogP contribution in [-0.4, -0.2) is 59.5 Å². The van der Waals surface area contributed by atoms with Gasteiger partial charge in [0.15, 0.2) is 0 Å². The quantitative estimate of drug-likeness (QED) is 0.931. The first kappa shape index (κ1) is 16.0. The molecule has 116 valence electrons. The maximum atomic E-state index is 12.7. The van der Waals surface area contributed by atoms with Gasteiger partial charge in [-0.15, -0.1) is 0 Å². The summed E-state index contributed by atoms with van der Waals surface area (Å²) in [4.78, 5) is 21.1. The van der Waals surface area contributed by atoms with Crippen LogP contribution in [0.2, 0.25) is 5.02 Å². The van der Waals surface area contributed by atoms with Crippen LogP contribution in [-0.2, 0) is 0 Å². The first-order valence-electron chi connectivity index (χ1n) is 7.34. The van der Waals surface area contributed by atoms with Gasteiger partial charge in [-0.05, 0) is 33.9 Å². The van der Waals surface area contributed by atoms with Gasteiger partial charge in [0.1, 0.15) is 5.82 Å². The largest absolute Gasteiger partial charge is 0.370 e. The smallest absolute Gasteiger partial charge is 0.255 e. The number of nitrogens with one attached hydrogen (secondary N) is 1. The summed E-state index contributed by atoms with van der Waals surface area (Å²) in [5, 5.41) is 3.51. The zero-order valence-corrected chi connectivity index (χ0v) is 13.8. The lowest BCUT2D eigenvalue weighted by Gasteiger charge is -2.42. The minimum Gasteiger partial charge on any atom is -0.370 e. The van der Waals surface area contributed by atoms with Gasteiger partial charge in [0, 0.05) is 37.9 Å². The number of rotatable bonds is 3. The van der Waals surface area contributed by atoms with E-state index in [1.54, 1.807) is 6.07 Å². The van der Waals surface area contributed by atoms with Crippen molar-refractivity contribution < 1.29 is 4.79 Å². The van der Waals surface area contributed by atoms with E-state index in [0.29, 0.717) is 28.5 Å². The SMILES string of the molecule is CCNc1cc(C(=O)N2CC(C)N(C)C(C)C2)c(Cl)cn1. The van der Waals surface area contributed by atoms with Gasteiger partial charge in [-0.3, -0.25) is 9.69 Å². The third-order valence-corrected chi connectivity index (χ3v) is 4.39. The van der Waals surface area contributed by atoms with Gasteiger partial charge in [0.2, 0.25) is 0 Å². The molecule has 1 amide bonds. The second-order valence-corrected chi connectivity index (χ2v) is 6.06. The number of aromatic nitrogens is 1. The lowest BCUT2D eigenvalue weighted by Crippen LogP contribution is -2.56. The van der Waals surface area contributed by atoms with Crippen LogP contribution in [0.25, 0.3) is 0 Å². The number of halogens is 1. The molecule has 1 aliphatic rings. The summed E-state index contributed by atoms with van der Waals surface area (Å²) >= 11 is 6.16. The Morgan fingerprint density at radius 2 is 2.05 bits per heavy atom. The molecule has 5 nitrogen and oxygen atoms in total. The third kappa shape index (κ3) is 3.47. The van der Waals surface area contributed by atoms with Crippen LogP contribution in [0, 0.1) is 0 Å². The molecule has 6 heteroatoms. The van der Waals surface area contributed by atoms with E-state index in [4.69, 9.17) is 11.6 Å². The molecule has 1 saturated heterocycles. The Labute approximate surface area is 131 Å². The maximum absolute atomic E-state index is 12.7. The molecule has 1 N–H and O–H groups in total. The number of hydrogen-bond donors (Lipinski definition) is 1. The monoisotopic (exact) mass is 310 g/mol. The highest BCUT2D eigenvalue weighted by Gasteiger charge is 2.30. The molecule has 1 fully saturated rings. The molecule has 0 bridgehead atoms. The van der Waals surface area contributed by atoms with E-state index in [-0.39, 0.29) is 5.91 Å². The molecular formula is C15H23ClN4O. The summed E-state index contributed by atoms with van der Waals surface area (Å²) in [6, 6.07) is 2.42. The second kappa shape index (κ2) is 6.62. The molecule has 0 aromatic carbocycles. The molecule has 1 aromatic heterocycles. The Morgan fingerprint density at radius 3 is 2.62 bits per heavy atom. The normalized spacial score (nSPS) is 23.2. The average molecular weight is 311 g/mol. The van der Waals surface area contributed by atoms with Crippen LogP contribution in [0.5, 0.6) is 0 Å². The first-order chi connectivity index (χ1) is 9.93. The minimum absolute atomic E-state index is 0.0200. The fraction of sp³-hybridized carbons (Fsp3) is 0.600. The summed E-state index contributed by atoms with van der Waals surface area (Å²) < 4.78 is 0. The Kier molecular flexibility index (Phi) is 5.06. The number of hydrogen-bond acceptors (Lipinski definition) is 4. The number of piperazine rings is 1. The van der Waals surface area contributed by atoms with E-state index in [9.17, 15) is 4.79 Å². The topological polar surface area (TPSA) is 48.5 Å². The molecule has 21 heavy (non-hydrogen) atoms. The highest BCUT2D eigenvalue weighted by atomic mass is 35.5. The zero-order valence-electron chi connectivity index (χ0n) is 13.1. The Morgan fingerprint density at radius 1 is 1.43 bits per heavy atom. The summed E-state index contributed by atoms with van der Waals surface area (Å²) in [6.07, 6.45) is 1.54. The van der Waals surface area contributed by atoms with Gasteiger partial charge in [-0.1, -0.05) is 11.6 Å². The number of pyridine rings is 1. The molecule has 2 rings (SSSR count). The average Bonchev–Trinajstić information content (AvgIpc) is 2.45. The van der Waals surface area contributed by atoms with Crippen LogP contribution < -0.4 is 5.32 Å². The van der Waals surface area contributed by atoms with Crippen LogP contribution in [0.15, 0.2) is 12.3 Å². The molecule has 2 heterocycles. The standard InChI is InChI=1S/C15H23ClN4O/c1-5-17-14-6-12(13(16)7-18-14)15(21)20-8-10(2)19(4)11(3)9-20/h6-7,10-11H,5,8-9H2,1-4H3,(H,17,18). The van der Waals surface area contributed by atoms with Gasteiger partial charge in [0.05, 0.1) is 10.6 Å². The summed E-state index contributed by atoms with van der Waals surface area (Å²) in [5.41, 5.74) is 0.520. The van der Waals surface area contributed by atoms with E-state index < -0.39 is 0 Å². The zero-order chi connectivity index (χ0) is 15.6. The molecule has 1 aromatic rings. The number of amides is 1.